The molecule has 160 valence electrons. The maximum atomic E-state index is 13.3. The highest BCUT2D eigenvalue weighted by molar-refractivity contribution is 5.60. The molecule has 0 unspecified atom stereocenters. The van der Waals surface area contributed by atoms with Gasteiger partial charge in [-0.15, -0.1) is 0 Å². The van der Waals surface area contributed by atoms with Crippen molar-refractivity contribution < 1.29 is 4.39 Å². The second-order valence-electron chi connectivity index (χ2n) is 9.86. The molecule has 31 heavy (non-hydrogen) atoms. The van der Waals surface area contributed by atoms with Gasteiger partial charge in [-0.2, -0.15) is 15.0 Å². The average molecular weight is 417 g/mol. The minimum absolute atomic E-state index is 0.220. The summed E-state index contributed by atoms with van der Waals surface area (Å²) in [5.41, 5.74) is 4.03. The van der Waals surface area contributed by atoms with Gasteiger partial charge in [-0.3, -0.25) is 0 Å². The van der Waals surface area contributed by atoms with Crippen LogP contribution in [-0.4, -0.2) is 21.0 Å². The van der Waals surface area contributed by atoms with E-state index in [9.17, 15) is 4.39 Å². The Balaban J connectivity index is 1.24. The van der Waals surface area contributed by atoms with Gasteiger partial charge in [-0.05, 0) is 73.5 Å². The van der Waals surface area contributed by atoms with Crippen LogP contribution in [0.2, 0.25) is 0 Å². The lowest BCUT2D eigenvalue weighted by Crippen LogP contribution is -2.54. The van der Waals surface area contributed by atoms with E-state index in [2.05, 4.69) is 17.4 Å². The third-order valence-electron chi connectivity index (χ3n) is 7.74. The van der Waals surface area contributed by atoms with Crippen LogP contribution in [0.3, 0.4) is 0 Å². The highest BCUT2D eigenvalue weighted by Gasteiger charge is 2.47. The van der Waals surface area contributed by atoms with E-state index in [-0.39, 0.29) is 5.82 Å². The number of hydrogen-bond acceptors (Lipinski definition) is 3. The predicted octanol–water partition coefficient (Wildman–Crippen LogP) is 5.05. The van der Waals surface area contributed by atoms with Gasteiger partial charge < -0.3 is 5.32 Å². The summed E-state index contributed by atoms with van der Waals surface area (Å²) in [5.74, 6) is 3.42. The summed E-state index contributed by atoms with van der Waals surface area (Å²) >= 11 is 0. The molecule has 4 nitrogen and oxygen atoms in total. The lowest BCUT2D eigenvalue weighted by Gasteiger charge is -2.54. The molecule has 1 heterocycles. The second kappa shape index (κ2) is 7.86. The van der Waals surface area contributed by atoms with Gasteiger partial charge in [0, 0.05) is 18.2 Å². The molecule has 0 saturated heterocycles. The molecule has 0 atom stereocenters. The molecule has 5 heteroatoms. The summed E-state index contributed by atoms with van der Waals surface area (Å²) in [7, 11) is 0. The van der Waals surface area contributed by atoms with E-state index in [0.717, 1.165) is 52.7 Å². The van der Waals surface area contributed by atoms with Crippen molar-refractivity contribution in [3.05, 3.63) is 71.7 Å². The number of halogens is 1. The van der Waals surface area contributed by atoms with Crippen molar-refractivity contribution in [2.45, 2.75) is 51.2 Å². The molecule has 4 bridgehead atoms. The Morgan fingerprint density at radius 2 is 1.52 bits per heavy atom. The maximum Gasteiger partial charge on any atom is 0.123 e. The number of benzene rings is 2. The van der Waals surface area contributed by atoms with Crippen LogP contribution >= 0.6 is 0 Å². The number of rotatable bonds is 6. The minimum Gasteiger partial charge on any atom is -0.308 e. The van der Waals surface area contributed by atoms with Gasteiger partial charge in [0.1, 0.15) is 17.2 Å². The van der Waals surface area contributed by atoms with Crippen molar-refractivity contribution >= 4 is 0 Å². The molecule has 0 amide bonds. The van der Waals surface area contributed by atoms with Gasteiger partial charge >= 0.3 is 0 Å². The quantitative estimate of drug-likeness (QED) is 0.612. The average Bonchev–Trinajstić information content (AvgIpc) is 3.17. The fraction of sp³-hybridized carbons (Fsp3) is 0.462. The highest BCUT2D eigenvalue weighted by atomic mass is 19.1. The van der Waals surface area contributed by atoms with Crippen molar-refractivity contribution in [1.29, 1.82) is 0 Å². The van der Waals surface area contributed by atoms with Crippen molar-refractivity contribution in [3.8, 4) is 11.3 Å². The molecule has 3 aromatic rings. The van der Waals surface area contributed by atoms with Crippen molar-refractivity contribution in [2.75, 3.05) is 0 Å². The van der Waals surface area contributed by atoms with Crippen LogP contribution in [0.5, 0.6) is 0 Å². The van der Waals surface area contributed by atoms with Crippen LogP contribution in [0.1, 0.15) is 43.4 Å². The van der Waals surface area contributed by atoms with Crippen molar-refractivity contribution in [3.63, 3.8) is 0 Å². The number of hydrogen-bond donors (Lipinski definition) is 1. The topological polar surface area (TPSA) is 42.7 Å². The zero-order valence-electron chi connectivity index (χ0n) is 17.8. The summed E-state index contributed by atoms with van der Waals surface area (Å²) in [6.07, 6.45) is 7.12. The van der Waals surface area contributed by atoms with E-state index in [1.807, 2.05) is 18.2 Å². The molecule has 1 N–H and O–H groups in total. The largest absolute Gasteiger partial charge is 0.308 e. The van der Waals surface area contributed by atoms with Gasteiger partial charge in [-0.1, -0.05) is 42.5 Å². The summed E-state index contributed by atoms with van der Waals surface area (Å²) < 4.78 is 13.3. The number of nitrogens with zero attached hydrogens (tertiary/aromatic N) is 3. The third kappa shape index (κ3) is 3.80. The first kappa shape index (κ1) is 19.2. The van der Waals surface area contributed by atoms with Crippen LogP contribution in [0.4, 0.5) is 4.39 Å². The molecule has 4 saturated carbocycles. The maximum absolute atomic E-state index is 13.3. The zero-order valence-corrected chi connectivity index (χ0v) is 17.8. The monoisotopic (exact) mass is 416 g/mol. The lowest BCUT2D eigenvalue weighted by molar-refractivity contribution is -0.0143. The van der Waals surface area contributed by atoms with E-state index >= 15 is 0 Å². The van der Waals surface area contributed by atoms with Gasteiger partial charge in [0.05, 0.1) is 6.54 Å². The fourth-order valence-electron chi connectivity index (χ4n) is 6.62. The zero-order chi connectivity index (χ0) is 20.8. The Bertz CT molecular complexity index is 1020. The second-order valence-corrected chi connectivity index (χ2v) is 9.86. The molecule has 0 spiro atoms. The molecule has 4 aliphatic carbocycles. The summed E-state index contributed by atoms with van der Waals surface area (Å²) in [5, 5.41) is 13.6. The Kier molecular flexibility index (Phi) is 4.87. The molecule has 4 fully saturated rings. The molecule has 4 aliphatic rings. The Morgan fingerprint density at radius 3 is 2.19 bits per heavy atom. The van der Waals surface area contributed by atoms with Gasteiger partial charge in [0.2, 0.25) is 0 Å². The SMILES string of the molecule is Fc1ccc(Cn2nc(CNC3C4CC5CC(C4)CC3C5)c(-c3ccccc3)n2)cc1. The summed E-state index contributed by atoms with van der Waals surface area (Å²) in [4.78, 5) is 1.75. The minimum atomic E-state index is -0.220. The van der Waals surface area contributed by atoms with Crippen molar-refractivity contribution in [2.24, 2.45) is 23.7 Å². The van der Waals surface area contributed by atoms with Gasteiger partial charge in [0.25, 0.3) is 0 Å². The number of aromatic nitrogens is 3. The number of nitrogens with one attached hydrogen (secondary N) is 1. The Hall–Kier alpha value is -2.53. The molecular weight excluding hydrogens is 387 g/mol. The first-order valence-electron chi connectivity index (χ1n) is 11.7. The van der Waals surface area contributed by atoms with Crippen LogP contribution in [0.15, 0.2) is 54.6 Å². The normalized spacial score (nSPS) is 28.9. The standard InChI is InChI=1S/C26H29FN4/c27-23-8-6-17(7-9-23)16-31-29-24(26(30-31)20-4-2-1-3-5-20)15-28-25-21-11-18-10-19(13-21)14-22(25)12-18/h1-9,18-19,21-22,25,28H,10-16H2. The van der Waals surface area contributed by atoms with E-state index in [1.165, 1.54) is 44.2 Å². The molecule has 1 aromatic heterocycles. The smallest absolute Gasteiger partial charge is 0.123 e. The third-order valence-corrected chi connectivity index (χ3v) is 7.74. The molecular formula is C26H29FN4. The van der Waals surface area contributed by atoms with E-state index in [0.29, 0.717) is 12.6 Å². The fourth-order valence-corrected chi connectivity index (χ4v) is 6.62. The van der Waals surface area contributed by atoms with Crippen LogP contribution in [0.25, 0.3) is 11.3 Å². The lowest BCUT2D eigenvalue weighted by atomic mass is 9.54. The molecule has 0 radical (unpaired) electrons. The summed E-state index contributed by atoms with van der Waals surface area (Å²) in [6, 6.07) is 17.5. The highest BCUT2D eigenvalue weighted by Crippen LogP contribution is 2.53. The van der Waals surface area contributed by atoms with E-state index < -0.39 is 0 Å². The van der Waals surface area contributed by atoms with Crippen molar-refractivity contribution in [1.82, 2.24) is 20.3 Å². The molecule has 7 rings (SSSR count). The van der Waals surface area contributed by atoms with Crippen LogP contribution < -0.4 is 5.32 Å². The van der Waals surface area contributed by atoms with Gasteiger partial charge in [-0.25, -0.2) is 4.39 Å². The predicted molar refractivity (Wildman–Crippen MR) is 119 cm³/mol. The van der Waals surface area contributed by atoms with Gasteiger partial charge in [0.15, 0.2) is 0 Å². The van der Waals surface area contributed by atoms with Crippen LogP contribution in [-0.2, 0) is 13.1 Å². The first-order valence-corrected chi connectivity index (χ1v) is 11.7. The van der Waals surface area contributed by atoms with E-state index in [1.54, 1.807) is 16.9 Å². The first-order chi connectivity index (χ1) is 15.2. The Labute approximate surface area is 182 Å². The molecule has 0 aliphatic heterocycles. The summed E-state index contributed by atoms with van der Waals surface area (Å²) in [6.45, 7) is 1.29. The molecule has 2 aromatic carbocycles. The van der Waals surface area contributed by atoms with E-state index in [4.69, 9.17) is 10.2 Å². The Morgan fingerprint density at radius 1 is 0.839 bits per heavy atom. The van der Waals surface area contributed by atoms with Crippen LogP contribution in [0, 0.1) is 29.5 Å².